The lowest BCUT2D eigenvalue weighted by Gasteiger charge is -2.05. The number of thiophene rings is 1. The first-order valence-corrected chi connectivity index (χ1v) is 6.63. The molecular weight excluding hydrogens is 278 g/mol. The third-order valence-electron chi connectivity index (χ3n) is 2.38. The van der Waals surface area contributed by atoms with Crippen LogP contribution < -0.4 is 10.6 Å². The Morgan fingerprint density at radius 1 is 1.45 bits per heavy atom. The summed E-state index contributed by atoms with van der Waals surface area (Å²) in [6.45, 7) is 0.243. The molecule has 2 heterocycles. The molecule has 2 aromatic rings. The number of carbonyl (C=O) groups excluding carboxylic acids is 2. The number of hydrogen-bond donors (Lipinski definition) is 3. The number of hydrogen-bond acceptors (Lipinski definition) is 5. The van der Waals surface area contributed by atoms with Crippen LogP contribution in [0, 0.1) is 11.3 Å². The Bertz CT molecular complexity index is 641. The molecular formula is C12H11N5O2S. The number of rotatable bonds is 5. The highest BCUT2D eigenvalue weighted by atomic mass is 32.1. The minimum Gasteiger partial charge on any atom is -0.350 e. The molecule has 20 heavy (non-hydrogen) atoms. The van der Waals surface area contributed by atoms with Crippen LogP contribution in [0.1, 0.15) is 26.6 Å². The number of amides is 2. The quantitative estimate of drug-likeness (QED) is 0.722. The molecule has 0 saturated heterocycles. The number of nitrogens with zero attached hydrogens (tertiary/aromatic N) is 2. The molecule has 7 nitrogen and oxygen atoms in total. The predicted molar refractivity (Wildman–Crippen MR) is 73.4 cm³/mol. The average molecular weight is 289 g/mol. The van der Waals surface area contributed by atoms with Crippen LogP contribution in [-0.4, -0.2) is 28.6 Å². The van der Waals surface area contributed by atoms with Crippen LogP contribution in [0.2, 0.25) is 0 Å². The molecule has 0 aliphatic heterocycles. The molecule has 0 atom stereocenters. The van der Waals surface area contributed by atoms with Gasteiger partial charge in [0.25, 0.3) is 11.8 Å². The van der Waals surface area contributed by atoms with Crippen molar-refractivity contribution in [3.8, 4) is 6.07 Å². The highest BCUT2D eigenvalue weighted by Gasteiger charge is 2.16. The minimum atomic E-state index is -0.417. The first-order valence-electron chi connectivity index (χ1n) is 5.75. The van der Waals surface area contributed by atoms with Gasteiger partial charge >= 0.3 is 0 Å². The highest BCUT2D eigenvalue weighted by Crippen LogP contribution is 2.15. The van der Waals surface area contributed by atoms with Crippen LogP contribution in [0.15, 0.2) is 23.7 Å². The van der Waals surface area contributed by atoms with Crippen molar-refractivity contribution in [1.82, 2.24) is 15.5 Å². The zero-order valence-electron chi connectivity index (χ0n) is 10.3. The fourth-order valence-electron chi connectivity index (χ4n) is 1.47. The number of carbonyl (C=O) groups is 2. The van der Waals surface area contributed by atoms with Gasteiger partial charge in [-0.2, -0.15) is 10.4 Å². The monoisotopic (exact) mass is 289 g/mol. The van der Waals surface area contributed by atoms with E-state index in [1.54, 1.807) is 17.5 Å². The van der Waals surface area contributed by atoms with Crippen molar-refractivity contribution in [2.45, 2.75) is 6.42 Å². The number of H-pyrrole nitrogens is 1. The number of aromatic nitrogens is 2. The first kappa shape index (κ1) is 13.8. The largest absolute Gasteiger partial charge is 0.350 e. The summed E-state index contributed by atoms with van der Waals surface area (Å²) in [5.74, 6) is -0.716. The van der Waals surface area contributed by atoms with Gasteiger partial charge in [-0.25, -0.2) is 0 Å². The Morgan fingerprint density at radius 2 is 2.30 bits per heavy atom. The van der Waals surface area contributed by atoms with E-state index in [9.17, 15) is 9.59 Å². The fraction of sp³-hybridized carbons (Fsp3) is 0.167. The molecule has 2 amide bonds. The maximum atomic E-state index is 11.9. The molecule has 0 spiro atoms. The SMILES string of the molecule is N#CCCNC(=O)c1[nH]ncc1NC(=O)c1cccs1. The molecule has 0 aliphatic carbocycles. The van der Waals surface area contributed by atoms with Crippen LogP contribution in [0.25, 0.3) is 0 Å². The Hall–Kier alpha value is -2.66. The highest BCUT2D eigenvalue weighted by molar-refractivity contribution is 7.12. The Kier molecular flexibility index (Phi) is 4.47. The van der Waals surface area contributed by atoms with Crippen molar-refractivity contribution < 1.29 is 9.59 Å². The number of nitrogens with one attached hydrogen (secondary N) is 3. The van der Waals surface area contributed by atoms with E-state index >= 15 is 0 Å². The summed E-state index contributed by atoms with van der Waals surface area (Å²) in [5, 5.41) is 21.6. The predicted octanol–water partition coefficient (Wildman–Crippen LogP) is 1.37. The van der Waals surface area contributed by atoms with E-state index in [0.29, 0.717) is 10.6 Å². The van der Waals surface area contributed by atoms with Crippen LogP contribution >= 0.6 is 11.3 Å². The zero-order valence-corrected chi connectivity index (χ0v) is 11.2. The molecule has 0 saturated carbocycles. The van der Waals surface area contributed by atoms with E-state index < -0.39 is 5.91 Å². The van der Waals surface area contributed by atoms with E-state index in [4.69, 9.17) is 5.26 Å². The van der Waals surface area contributed by atoms with Crippen molar-refractivity contribution >= 4 is 28.8 Å². The molecule has 0 aromatic carbocycles. The summed E-state index contributed by atoms with van der Waals surface area (Å²) in [6, 6.07) is 5.38. The van der Waals surface area contributed by atoms with Crippen molar-refractivity contribution in [1.29, 1.82) is 5.26 Å². The second-order valence-corrected chi connectivity index (χ2v) is 4.70. The molecule has 102 valence electrons. The van der Waals surface area contributed by atoms with Crippen molar-refractivity contribution in [3.63, 3.8) is 0 Å². The van der Waals surface area contributed by atoms with E-state index in [1.807, 2.05) is 6.07 Å². The van der Waals surface area contributed by atoms with Crippen molar-refractivity contribution in [2.75, 3.05) is 11.9 Å². The maximum Gasteiger partial charge on any atom is 0.271 e. The van der Waals surface area contributed by atoms with Crippen LogP contribution in [0.5, 0.6) is 0 Å². The van der Waals surface area contributed by atoms with Gasteiger partial charge in [0.2, 0.25) is 0 Å². The normalized spacial score (nSPS) is 9.75. The second-order valence-electron chi connectivity index (χ2n) is 3.75. The summed E-state index contributed by atoms with van der Waals surface area (Å²) in [7, 11) is 0. The summed E-state index contributed by atoms with van der Waals surface area (Å²) in [6.07, 6.45) is 1.58. The van der Waals surface area contributed by atoms with Gasteiger partial charge in [-0.1, -0.05) is 6.07 Å². The van der Waals surface area contributed by atoms with Gasteiger partial charge in [0.15, 0.2) is 0 Å². The Balaban J connectivity index is 2.03. The Morgan fingerprint density at radius 3 is 3.00 bits per heavy atom. The Labute approximate surface area is 118 Å². The lowest BCUT2D eigenvalue weighted by Crippen LogP contribution is -2.26. The van der Waals surface area contributed by atoms with Gasteiger partial charge in [-0.3, -0.25) is 14.7 Å². The van der Waals surface area contributed by atoms with Crippen LogP contribution in [-0.2, 0) is 0 Å². The second kappa shape index (κ2) is 6.49. The molecule has 0 fully saturated rings. The number of anilines is 1. The molecule has 0 unspecified atom stereocenters. The fourth-order valence-corrected chi connectivity index (χ4v) is 2.08. The van der Waals surface area contributed by atoms with Crippen molar-refractivity contribution in [3.05, 3.63) is 34.3 Å². The van der Waals surface area contributed by atoms with Gasteiger partial charge in [0, 0.05) is 6.54 Å². The molecule has 2 aromatic heterocycles. The molecule has 3 N–H and O–H groups in total. The summed E-state index contributed by atoms with van der Waals surface area (Å²) >= 11 is 1.30. The van der Waals surface area contributed by atoms with E-state index in [2.05, 4.69) is 20.8 Å². The third-order valence-corrected chi connectivity index (χ3v) is 3.25. The standard InChI is InChI=1S/C12H11N5O2S/c13-4-2-5-14-12(19)10-8(7-15-17-10)16-11(18)9-3-1-6-20-9/h1,3,6-7H,2,5H2,(H,14,19)(H,15,17)(H,16,18). The maximum absolute atomic E-state index is 11.9. The topological polar surface area (TPSA) is 111 Å². The smallest absolute Gasteiger partial charge is 0.271 e. The van der Waals surface area contributed by atoms with E-state index in [1.165, 1.54) is 17.5 Å². The van der Waals surface area contributed by atoms with Crippen LogP contribution in [0.4, 0.5) is 5.69 Å². The van der Waals surface area contributed by atoms with Crippen molar-refractivity contribution in [2.24, 2.45) is 0 Å². The van der Waals surface area contributed by atoms with Crippen LogP contribution in [0.3, 0.4) is 0 Å². The minimum absolute atomic E-state index is 0.160. The van der Waals surface area contributed by atoms with Gasteiger partial charge in [-0.15, -0.1) is 11.3 Å². The molecule has 0 bridgehead atoms. The van der Waals surface area contributed by atoms with Gasteiger partial charge in [-0.05, 0) is 11.4 Å². The van der Waals surface area contributed by atoms with Gasteiger partial charge in [0.05, 0.1) is 29.3 Å². The average Bonchev–Trinajstić information content (AvgIpc) is 3.09. The van der Waals surface area contributed by atoms with Gasteiger partial charge in [0.1, 0.15) is 5.69 Å². The van der Waals surface area contributed by atoms with Gasteiger partial charge < -0.3 is 10.6 Å². The number of aromatic amines is 1. The molecule has 0 aliphatic rings. The van der Waals surface area contributed by atoms with E-state index in [0.717, 1.165) is 0 Å². The number of nitriles is 1. The molecule has 2 rings (SSSR count). The summed E-state index contributed by atoms with van der Waals surface area (Å²) < 4.78 is 0. The first-order chi connectivity index (χ1) is 9.72. The lowest BCUT2D eigenvalue weighted by molar-refractivity contribution is 0.0950. The summed E-state index contributed by atoms with van der Waals surface area (Å²) in [5.41, 5.74) is 0.464. The third kappa shape index (κ3) is 3.21. The zero-order chi connectivity index (χ0) is 14.4. The van der Waals surface area contributed by atoms with E-state index in [-0.39, 0.29) is 24.6 Å². The molecule has 8 heteroatoms. The lowest BCUT2D eigenvalue weighted by atomic mass is 10.3. The summed E-state index contributed by atoms with van der Waals surface area (Å²) in [4.78, 5) is 24.3. The molecule has 0 radical (unpaired) electrons.